The largest absolute Gasteiger partial charge is 0.323 e. The van der Waals surface area contributed by atoms with Crippen molar-refractivity contribution in [2.75, 3.05) is 0 Å². The summed E-state index contributed by atoms with van der Waals surface area (Å²) in [4.78, 5) is 4.07. The summed E-state index contributed by atoms with van der Waals surface area (Å²) >= 11 is 0. The van der Waals surface area contributed by atoms with Gasteiger partial charge in [-0.05, 0) is 18.6 Å². The summed E-state index contributed by atoms with van der Waals surface area (Å²) in [6.07, 6.45) is 2.41. The van der Waals surface area contributed by atoms with Crippen molar-refractivity contribution in [3.8, 4) is 6.07 Å². The van der Waals surface area contributed by atoms with Crippen LogP contribution < -0.4 is 5.73 Å². The minimum absolute atomic E-state index is 0.0160. The fourth-order valence-electron chi connectivity index (χ4n) is 0.900. The Hall–Kier alpha value is -1.40. The molecule has 3 heteroatoms. The lowest BCUT2D eigenvalue weighted by molar-refractivity contribution is 0.675. The lowest BCUT2D eigenvalue weighted by Gasteiger charge is -2.06. The van der Waals surface area contributed by atoms with Gasteiger partial charge in [0.1, 0.15) is 6.07 Å². The van der Waals surface area contributed by atoms with E-state index in [1.165, 1.54) is 0 Å². The summed E-state index contributed by atoms with van der Waals surface area (Å²) in [5.74, 6) is 0. The van der Waals surface area contributed by atoms with Crippen LogP contribution in [0.5, 0.6) is 0 Å². The molecular formula is C9H11N3. The lowest BCUT2D eigenvalue weighted by Crippen LogP contribution is -2.10. The predicted octanol–water partition coefficient (Wildman–Crippen LogP) is 1.36. The maximum absolute atomic E-state index is 8.50. The number of rotatable bonds is 2. The monoisotopic (exact) mass is 161 g/mol. The Kier molecular flexibility index (Phi) is 2.78. The Bertz CT molecular complexity index is 284. The molecule has 0 aliphatic heterocycles. The molecule has 0 bridgehead atoms. The number of hydrogen-bond acceptors (Lipinski definition) is 3. The van der Waals surface area contributed by atoms with Crippen LogP contribution in [0.4, 0.5) is 0 Å². The van der Waals surface area contributed by atoms with Gasteiger partial charge in [0.05, 0.1) is 11.3 Å². The average molecular weight is 161 g/mol. The molecule has 1 unspecified atom stereocenters. The van der Waals surface area contributed by atoms with E-state index in [2.05, 4.69) is 4.98 Å². The molecule has 0 aliphatic carbocycles. The highest BCUT2D eigenvalue weighted by atomic mass is 14.8. The van der Waals surface area contributed by atoms with E-state index in [4.69, 9.17) is 11.0 Å². The Labute approximate surface area is 71.8 Å². The van der Waals surface area contributed by atoms with Gasteiger partial charge in [-0.1, -0.05) is 6.92 Å². The highest BCUT2D eigenvalue weighted by Gasteiger charge is 2.03. The second-order valence-corrected chi connectivity index (χ2v) is 2.60. The fraction of sp³-hybridized carbons (Fsp3) is 0.333. The first-order valence-corrected chi connectivity index (χ1v) is 3.89. The van der Waals surface area contributed by atoms with E-state index in [0.29, 0.717) is 5.56 Å². The fourth-order valence-corrected chi connectivity index (χ4v) is 0.900. The van der Waals surface area contributed by atoms with Crippen molar-refractivity contribution in [1.29, 1.82) is 5.26 Å². The summed E-state index contributed by atoms with van der Waals surface area (Å²) in [5, 5.41) is 8.50. The second kappa shape index (κ2) is 3.84. The van der Waals surface area contributed by atoms with E-state index < -0.39 is 0 Å². The van der Waals surface area contributed by atoms with Gasteiger partial charge in [-0.15, -0.1) is 0 Å². The van der Waals surface area contributed by atoms with Gasteiger partial charge in [0.15, 0.2) is 0 Å². The van der Waals surface area contributed by atoms with E-state index >= 15 is 0 Å². The Morgan fingerprint density at radius 3 is 2.83 bits per heavy atom. The minimum atomic E-state index is -0.0160. The first-order valence-electron chi connectivity index (χ1n) is 3.89. The quantitative estimate of drug-likeness (QED) is 0.712. The molecule has 1 aromatic heterocycles. The van der Waals surface area contributed by atoms with Gasteiger partial charge in [0.2, 0.25) is 0 Å². The van der Waals surface area contributed by atoms with Gasteiger partial charge in [-0.25, -0.2) is 0 Å². The normalized spacial score (nSPS) is 12.1. The number of aromatic nitrogens is 1. The van der Waals surface area contributed by atoms with Crippen LogP contribution in [-0.2, 0) is 0 Å². The van der Waals surface area contributed by atoms with Crippen LogP contribution in [0.3, 0.4) is 0 Å². The number of hydrogen-bond donors (Lipinski definition) is 1. The average Bonchev–Trinajstić information content (AvgIpc) is 2.17. The second-order valence-electron chi connectivity index (χ2n) is 2.60. The van der Waals surface area contributed by atoms with E-state index in [-0.39, 0.29) is 6.04 Å². The van der Waals surface area contributed by atoms with Crippen LogP contribution in [0.15, 0.2) is 18.3 Å². The summed E-state index contributed by atoms with van der Waals surface area (Å²) in [6.45, 7) is 2.00. The standard InChI is InChI=1S/C9H11N3/c1-2-8(11)9-4-3-7(5-10)6-12-9/h3-4,6,8H,2,11H2,1H3. The Morgan fingerprint density at radius 2 is 2.42 bits per heavy atom. The van der Waals surface area contributed by atoms with Crippen molar-refractivity contribution in [2.45, 2.75) is 19.4 Å². The lowest BCUT2D eigenvalue weighted by atomic mass is 10.1. The molecule has 0 aliphatic rings. The predicted molar refractivity (Wildman–Crippen MR) is 46.2 cm³/mol. The van der Waals surface area contributed by atoms with Crippen molar-refractivity contribution < 1.29 is 0 Å². The summed E-state index contributed by atoms with van der Waals surface area (Å²) < 4.78 is 0. The third-order valence-corrected chi connectivity index (χ3v) is 1.74. The van der Waals surface area contributed by atoms with Crippen LogP contribution in [-0.4, -0.2) is 4.98 Å². The third-order valence-electron chi connectivity index (χ3n) is 1.74. The van der Waals surface area contributed by atoms with Crippen molar-refractivity contribution in [2.24, 2.45) is 5.73 Å². The van der Waals surface area contributed by atoms with E-state index in [0.717, 1.165) is 12.1 Å². The maximum atomic E-state index is 8.50. The molecule has 0 spiro atoms. The molecular weight excluding hydrogens is 150 g/mol. The SMILES string of the molecule is CCC(N)c1ccc(C#N)cn1. The van der Waals surface area contributed by atoms with Crippen molar-refractivity contribution >= 4 is 0 Å². The zero-order valence-corrected chi connectivity index (χ0v) is 6.99. The van der Waals surface area contributed by atoms with Crippen LogP contribution in [0.2, 0.25) is 0 Å². The molecule has 12 heavy (non-hydrogen) atoms. The molecule has 2 N–H and O–H groups in total. The van der Waals surface area contributed by atoms with Gasteiger partial charge in [-0.2, -0.15) is 5.26 Å². The van der Waals surface area contributed by atoms with Gasteiger partial charge >= 0.3 is 0 Å². The van der Waals surface area contributed by atoms with Gasteiger partial charge < -0.3 is 5.73 Å². The molecule has 62 valence electrons. The smallest absolute Gasteiger partial charge is 0.101 e. The topological polar surface area (TPSA) is 62.7 Å². The summed E-state index contributed by atoms with van der Waals surface area (Å²) in [7, 11) is 0. The molecule has 1 aromatic rings. The summed E-state index contributed by atoms with van der Waals surface area (Å²) in [5.41, 5.74) is 7.16. The highest BCUT2D eigenvalue weighted by Crippen LogP contribution is 2.10. The molecule has 0 aromatic carbocycles. The molecule has 0 fully saturated rings. The highest BCUT2D eigenvalue weighted by molar-refractivity contribution is 5.27. The molecule has 1 atom stereocenters. The Balaban J connectivity index is 2.86. The number of nitrogens with zero attached hydrogens (tertiary/aromatic N) is 2. The van der Waals surface area contributed by atoms with Gasteiger partial charge in [-0.3, -0.25) is 4.98 Å². The molecule has 1 heterocycles. The van der Waals surface area contributed by atoms with E-state index in [1.54, 1.807) is 18.3 Å². The molecule has 0 radical (unpaired) electrons. The third kappa shape index (κ3) is 1.80. The zero-order valence-electron chi connectivity index (χ0n) is 6.99. The van der Waals surface area contributed by atoms with Crippen LogP contribution in [0, 0.1) is 11.3 Å². The van der Waals surface area contributed by atoms with Gasteiger partial charge in [0.25, 0.3) is 0 Å². The molecule has 0 saturated heterocycles. The van der Waals surface area contributed by atoms with Crippen molar-refractivity contribution in [3.05, 3.63) is 29.6 Å². The van der Waals surface area contributed by atoms with Crippen LogP contribution in [0.1, 0.15) is 30.6 Å². The molecule has 1 rings (SSSR count). The number of nitrogens with two attached hydrogens (primary N) is 1. The van der Waals surface area contributed by atoms with Crippen LogP contribution >= 0.6 is 0 Å². The van der Waals surface area contributed by atoms with Crippen molar-refractivity contribution in [1.82, 2.24) is 4.98 Å². The van der Waals surface area contributed by atoms with Gasteiger partial charge in [0, 0.05) is 12.2 Å². The number of pyridine rings is 1. The maximum Gasteiger partial charge on any atom is 0.101 e. The summed E-state index contributed by atoms with van der Waals surface area (Å²) in [6, 6.07) is 5.52. The van der Waals surface area contributed by atoms with E-state index in [9.17, 15) is 0 Å². The van der Waals surface area contributed by atoms with Crippen LogP contribution in [0.25, 0.3) is 0 Å². The number of nitriles is 1. The zero-order chi connectivity index (χ0) is 8.97. The van der Waals surface area contributed by atoms with E-state index in [1.807, 2.05) is 13.0 Å². The Morgan fingerprint density at radius 1 is 1.67 bits per heavy atom. The molecule has 3 nitrogen and oxygen atoms in total. The molecule has 0 saturated carbocycles. The first-order chi connectivity index (χ1) is 5.77. The minimum Gasteiger partial charge on any atom is -0.323 e. The first kappa shape index (κ1) is 8.69. The van der Waals surface area contributed by atoms with Crippen molar-refractivity contribution in [3.63, 3.8) is 0 Å². The molecule has 0 amide bonds.